The summed E-state index contributed by atoms with van der Waals surface area (Å²) in [5.41, 5.74) is 1.30. The van der Waals surface area contributed by atoms with Crippen LogP contribution < -0.4 is 10.2 Å². The molecule has 0 aromatic heterocycles. The fourth-order valence-electron chi connectivity index (χ4n) is 1.29. The van der Waals surface area contributed by atoms with Crippen molar-refractivity contribution in [2.75, 3.05) is 29.8 Å². The standard InChI is InChI=1S/C12H15ClN2O3/c1-3-18-12(17)15(2)10-6-4-9(5-7-10)14-11(16)8-13/h4-7H,3,8H2,1-2H3,(H,14,16). The Kier molecular flexibility index (Phi) is 5.45. The van der Waals surface area contributed by atoms with Gasteiger partial charge >= 0.3 is 6.09 Å². The number of halogens is 1. The van der Waals surface area contributed by atoms with E-state index in [0.29, 0.717) is 18.0 Å². The molecule has 0 aliphatic rings. The minimum absolute atomic E-state index is 0.0928. The minimum atomic E-state index is -0.421. The number of ether oxygens (including phenoxy) is 1. The van der Waals surface area contributed by atoms with E-state index in [-0.39, 0.29) is 11.8 Å². The topological polar surface area (TPSA) is 58.6 Å². The van der Waals surface area contributed by atoms with Crippen LogP contribution in [0.4, 0.5) is 16.2 Å². The van der Waals surface area contributed by atoms with Crippen LogP contribution in [0.1, 0.15) is 6.92 Å². The van der Waals surface area contributed by atoms with Crippen molar-refractivity contribution in [3.8, 4) is 0 Å². The summed E-state index contributed by atoms with van der Waals surface area (Å²) in [7, 11) is 1.62. The van der Waals surface area contributed by atoms with Gasteiger partial charge in [0, 0.05) is 18.4 Å². The lowest BCUT2D eigenvalue weighted by Crippen LogP contribution is -2.26. The van der Waals surface area contributed by atoms with Crippen LogP contribution in [-0.2, 0) is 9.53 Å². The van der Waals surface area contributed by atoms with Gasteiger partial charge in [-0.05, 0) is 31.2 Å². The minimum Gasteiger partial charge on any atom is -0.449 e. The molecule has 6 heteroatoms. The van der Waals surface area contributed by atoms with Crippen LogP contribution in [-0.4, -0.2) is 31.5 Å². The van der Waals surface area contributed by atoms with Gasteiger partial charge in [0.25, 0.3) is 0 Å². The van der Waals surface area contributed by atoms with Crippen LogP contribution in [0.2, 0.25) is 0 Å². The quantitative estimate of drug-likeness (QED) is 0.855. The molecule has 0 atom stereocenters. The van der Waals surface area contributed by atoms with E-state index in [1.165, 1.54) is 4.90 Å². The maximum Gasteiger partial charge on any atom is 0.413 e. The fraction of sp³-hybridized carbons (Fsp3) is 0.333. The molecule has 0 unspecified atom stereocenters. The first-order valence-electron chi connectivity index (χ1n) is 5.44. The van der Waals surface area contributed by atoms with Crippen molar-refractivity contribution in [2.45, 2.75) is 6.92 Å². The molecule has 0 bridgehead atoms. The number of anilines is 2. The highest BCUT2D eigenvalue weighted by Gasteiger charge is 2.11. The molecule has 1 N–H and O–H groups in total. The van der Waals surface area contributed by atoms with E-state index in [1.54, 1.807) is 38.2 Å². The van der Waals surface area contributed by atoms with Crippen molar-refractivity contribution in [3.05, 3.63) is 24.3 Å². The Morgan fingerprint density at radius 1 is 1.33 bits per heavy atom. The number of benzene rings is 1. The van der Waals surface area contributed by atoms with Crippen LogP contribution in [0.25, 0.3) is 0 Å². The maximum absolute atomic E-state index is 11.5. The Hall–Kier alpha value is -1.75. The van der Waals surface area contributed by atoms with Crippen molar-refractivity contribution in [1.29, 1.82) is 0 Å². The van der Waals surface area contributed by atoms with Gasteiger partial charge in [0.05, 0.1) is 6.61 Å². The summed E-state index contributed by atoms with van der Waals surface area (Å²) in [6.45, 7) is 2.07. The zero-order valence-corrected chi connectivity index (χ0v) is 11.0. The number of carbonyl (C=O) groups excluding carboxylic acids is 2. The van der Waals surface area contributed by atoms with E-state index in [1.807, 2.05) is 0 Å². The predicted octanol–water partition coefficient (Wildman–Crippen LogP) is 2.46. The van der Waals surface area contributed by atoms with Gasteiger partial charge in [-0.2, -0.15) is 0 Å². The van der Waals surface area contributed by atoms with Crippen LogP contribution in [0, 0.1) is 0 Å². The number of alkyl halides is 1. The summed E-state index contributed by atoms with van der Waals surface area (Å²) in [5.74, 6) is -0.368. The second-order valence-corrected chi connectivity index (χ2v) is 3.75. The van der Waals surface area contributed by atoms with E-state index in [4.69, 9.17) is 16.3 Å². The van der Waals surface area contributed by atoms with Crippen LogP contribution in [0.3, 0.4) is 0 Å². The molecule has 0 saturated heterocycles. The molecule has 0 aliphatic carbocycles. The first kappa shape index (κ1) is 14.3. The molecule has 1 rings (SSSR count). The molecule has 1 aromatic carbocycles. The van der Waals surface area contributed by atoms with Gasteiger partial charge in [0.2, 0.25) is 5.91 Å². The Labute approximate surface area is 111 Å². The summed E-state index contributed by atoms with van der Waals surface area (Å²) in [5, 5.41) is 2.61. The van der Waals surface area contributed by atoms with Crippen molar-refractivity contribution in [2.24, 2.45) is 0 Å². The number of carbonyl (C=O) groups is 2. The Bertz CT molecular complexity index is 420. The largest absolute Gasteiger partial charge is 0.449 e. The molecule has 0 radical (unpaired) electrons. The zero-order chi connectivity index (χ0) is 13.5. The lowest BCUT2D eigenvalue weighted by atomic mass is 10.2. The van der Waals surface area contributed by atoms with Gasteiger partial charge in [-0.3, -0.25) is 9.69 Å². The predicted molar refractivity (Wildman–Crippen MR) is 71.2 cm³/mol. The van der Waals surface area contributed by atoms with E-state index >= 15 is 0 Å². The lowest BCUT2D eigenvalue weighted by molar-refractivity contribution is -0.113. The number of nitrogens with zero attached hydrogens (tertiary/aromatic N) is 1. The SMILES string of the molecule is CCOC(=O)N(C)c1ccc(NC(=O)CCl)cc1. The second-order valence-electron chi connectivity index (χ2n) is 3.49. The summed E-state index contributed by atoms with van der Waals surface area (Å²) in [6.07, 6.45) is -0.421. The highest BCUT2D eigenvalue weighted by Crippen LogP contribution is 2.17. The number of nitrogens with one attached hydrogen (secondary N) is 1. The van der Waals surface area contributed by atoms with Crippen molar-refractivity contribution < 1.29 is 14.3 Å². The highest BCUT2D eigenvalue weighted by molar-refractivity contribution is 6.29. The Balaban J connectivity index is 2.70. The number of hydrogen-bond donors (Lipinski definition) is 1. The molecule has 2 amide bonds. The summed E-state index contributed by atoms with van der Waals surface area (Å²) in [4.78, 5) is 23.9. The molecule has 0 saturated carbocycles. The first-order valence-corrected chi connectivity index (χ1v) is 5.98. The molecule has 0 aliphatic heterocycles. The number of amides is 2. The van der Waals surface area contributed by atoms with Gasteiger partial charge in [0.1, 0.15) is 5.88 Å². The normalized spacial score (nSPS) is 9.72. The average molecular weight is 271 g/mol. The average Bonchev–Trinajstić information content (AvgIpc) is 2.39. The zero-order valence-electron chi connectivity index (χ0n) is 10.3. The van der Waals surface area contributed by atoms with Crippen molar-refractivity contribution >= 4 is 35.0 Å². The molecule has 0 fully saturated rings. The Morgan fingerprint density at radius 2 is 1.94 bits per heavy atom. The third-order valence-corrected chi connectivity index (χ3v) is 2.44. The van der Waals surface area contributed by atoms with E-state index in [9.17, 15) is 9.59 Å². The second kappa shape index (κ2) is 6.86. The molecule has 18 heavy (non-hydrogen) atoms. The van der Waals surface area contributed by atoms with E-state index in [2.05, 4.69) is 5.32 Å². The molecule has 0 heterocycles. The van der Waals surface area contributed by atoms with E-state index < -0.39 is 6.09 Å². The van der Waals surface area contributed by atoms with Gasteiger partial charge in [-0.15, -0.1) is 11.6 Å². The summed E-state index contributed by atoms with van der Waals surface area (Å²) in [6, 6.07) is 6.80. The van der Waals surface area contributed by atoms with Crippen LogP contribution >= 0.6 is 11.6 Å². The number of rotatable bonds is 4. The number of hydrogen-bond acceptors (Lipinski definition) is 3. The molecular formula is C12H15ClN2O3. The smallest absolute Gasteiger partial charge is 0.413 e. The maximum atomic E-state index is 11.5. The molecule has 1 aromatic rings. The van der Waals surface area contributed by atoms with E-state index in [0.717, 1.165) is 0 Å². The van der Waals surface area contributed by atoms with Crippen LogP contribution in [0.5, 0.6) is 0 Å². The highest BCUT2D eigenvalue weighted by atomic mass is 35.5. The van der Waals surface area contributed by atoms with Crippen LogP contribution in [0.15, 0.2) is 24.3 Å². The summed E-state index contributed by atoms with van der Waals surface area (Å²) >= 11 is 5.38. The molecule has 0 spiro atoms. The first-order chi connectivity index (χ1) is 8.58. The van der Waals surface area contributed by atoms with Crippen molar-refractivity contribution in [3.63, 3.8) is 0 Å². The van der Waals surface area contributed by atoms with Gasteiger partial charge in [-0.25, -0.2) is 4.79 Å². The van der Waals surface area contributed by atoms with Crippen molar-refractivity contribution in [1.82, 2.24) is 0 Å². The third kappa shape index (κ3) is 3.92. The lowest BCUT2D eigenvalue weighted by Gasteiger charge is -2.16. The monoisotopic (exact) mass is 270 g/mol. The molecule has 5 nitrogen and oxygen atoms in total. The van der Waals surface area contributed by atoms with Gasteiger partial charge in [0.15, 0.2) is 0 Å². The fourth-order valence-corrected chi connectivity index (χ4v) is 1.36. The Morgan fingerprint density at radius 3 is 2.44 bits per heavy atom. The molecular weight excluding hydrogens is 256 g/mol. The third-order valence-electron chi connectivity index (χ3n) is 2.20. The van der Waals surface area contributed by atoms with Gasteiger partial charge in [-0.1, -0.05) is 0 Å². The molecule has 98 valence electrons. The summed E-state index contributed by atoms with van der Waals surface area (Å²) < 4.78 is 4.87. The van der Waals surface area contributed by atoms with Gasteiger partial charge < -0.3 is 10.1 Å².